The fourth-order valence-electron chi connectivity index (χ4n) is 2.03. The van der Waals surface area contributed by atoms with Crippen LogP contribution in [0.25, 0.3) is 5.57 Å². The molecule has 1 nitrogen and oxygen atoms in total. The lowest BCUT2D eigenvalue weighted by molar-refractivity contribution is -0.105. The van der Waals surface area contributed by atoms with Gasteiger partial charge in [-0.1, -0.05) is 56.0 Å². The lowest BCUT2D eigenvalue weighted by Crippen LogP contribution is -1.96. The third kappa shape index (κ3) is 3.60. The van der Waals surface area contributed by atoms with Crippen molar-refractivity contribution in [2.75, 3.05) is 0 Å². The van der Waals surface area contributed by atoms with Gasteiger partial charge in [0.1, 0.15) is 6.29 Å². The molecule has 98 valence electrons. The molecule has 1 aromatic carbocycles. The van der Waals surface area contributed by atoms with Gasteiger partial charge in [-0.15, -0.1) is 0 Å². The van der Waals surface area contributed by atoms with Gasteiger partial charge in [-0.25, -0.2) is 0 Å². The molecule has 18 heavy (non-hydrogen) atoms. The number of allylic oxidation sites excluding steroid dienone is 2. The number of hydrogen-bond donors (Lipinski definition) is 0. The van der Waals surface area contributed by atoms with Crippen molar-refractivity contribution in [3.63, 3.8) is 0 Å². The zero-order valence-electron chi connectivity index (χ0n) is 10.8. The van der Waals surface area contributed by atoms with Crippen LogP contribution in [0.3, 0.4) is 0 Å². The number of hydrogen-bond acceptors (Lipinski definition) is 1. The lowest BCUT2D eigenvalue weighted by atomic mass is 9.94. The Morgan fingerprint density at radius 1 is 1.11 bits per heavy atom. The van der Waals surface area contributed by atoms with Crippen molar-refractivity contribution < 1.29 is 4.79 Å². The quantitative estimate of drug-likeness (QED) is 0.495. The molecule has 3 heteroatoms. The molecule has 0 aromatic heterocycles. The molecule has 0 unspecified atom stereocenters. The van der Waals surface area contributed by atoms with E-state index in [2.05, 4.69) is 13.8 Å². The Balaban J connectivity index is 3.39. The number of carbonyl (C=O) groups excluding carboxylic acids is 1. The summed E-state index contributed by atoms with van der Waals surface area (Å²) in [6.45, 7) is 4.14. The highest BCUT2D eigenvalue weighted by molar-refractivity contribution is 6.37. The predicted octanol–water partition coefficient (Wildman–Crippen LogP) is 5.55. The summed E-state index contributed by atoms with van der Waals surface area (Å²) in [4.78, 5) is 11.3. The minimum atomic E-state index is 0.612. The molecular formula is C15H18Cl2O. The molecule has 0 saturated carbocycles. The highest BCUT2D eigenvalue weighted by atomic mass is 35.5. The Bertz CT molecular complexity index is 430. The van der Waals surface area contributed by atoms with E-state index >= 15 is 0 Å². The average molecular weight is 285 g/mol. The van der Waals surface area contributed by atoms with E-state index < -0.39 is 0 Å². The predicted molar refractivity (Wildman–Crippen MR) is 79.3 cm³/mol. The molecule has 0 aliphatic heterocycles. The van der Waals surface area contributed by atoms with Crippen molar-refractivity contribution >= 4 is 35.1 Å². The van der Waals surface area contributed by atoms with Crippen LogP contribution < -0.4 is 0 Å². The average Bonchev–Trinajstić information content (AvgIpc) is 2.35. The summed E-state index contributed by atoms with van der Waals surface area (Å²) in [7, 11) is 0. The summed E-state index contributed by atoms with van der Waals surface area (Å²) in [5.74, 6) is 0. The van der Waals surface area contributed by atoms with Gasteiger partial charge in [0.25, 0.3) is 0 Å². The van der Waals surface area contributed by atoms with Gasteiger partial charge >= 0.3 is 0 Å². The van der Waals surface area contributed by atoms with Crippen LogP contribution in [0.2, 0.25) is 10.0 Å². The second kappa shape index (κ2) is 7.60. The van der Waals surface area contributed by atoms with E-state index in [0.717, 1.165) is 48.7 Å². The molecule has 0 aliphatic rings. The van der Waals surface area contributed by atoms with Crippen LogP contribution >= 0.6 is 23.2 Å². The monoisotopic (exact) mass is 284 g/mol. The highest BCUT2D eigenvalue weighted by Crippen LogP contribution is 2.35. The summed E-state index contributed by atoms with van der Waals surface area (Å²) in [6, 6.07) is 5.44. The summed E-state index contributed by atoms with van der Waals surface area (Å²) < 4.78 is 0. The summed E-state index contributed by atoms with van der Waals surface area (Å²) in [5, 5.41) is 1.22. The van der Waals surface area contributed by atoms with E-state index in [9.17, 15) is 4.79 Å². The molecular weight excluding hydrogens is 267 g/mol. The number of carbonyl (C=O) groups is 1. The summed E-state index contributed by atoms with van der Waals surface area (Å²) in [5.41, 5.74) is 2.62. The first kappa shape index (κ1) is 15.3. The maximum absolute atomic E-state index is 11.3. The minimum Gasteiger partial charge on any atom is -0.298 e. The first-order chi connectivity index (χ1) is 8.65. The minimum absolute atomic E-state index is 0.612. The van der Waals surface area contributed by atoms with Crippen LogP contribution in [0.4, 0.5) is 0 Å². The van der Waals surface area contributed by atoms with Crippen molar-refractivity contribution in [3.8, 4) is 0 Å². The summed E-state index contributed by atoms with van der Waals surface area (Å²) in [6.07, 6.45) is 4.41. The molecule has 0 saturated heterocycles. The fraction of sp³-hybridized carbons (Fsp3) is 0.400. The van der Waals surface area contributed by atoms with Crippen LogP contribution in [-0.4, -0.2) is 6.29 Å². The molecule has 0 bridgehead atoms. The first-order valence-electron chi connectivity index (χ1n) is 6.27. The molecule has 0 fully saturated rings. The van der Waals surface area contributed by atoms with E-state index in [1.54, 1.807) is 0 Å². The zero-order chi connectivity index (χ0) is 13.5. The molecule has 0 atom stereocenters. The first-order valence-corrected chi connectivity index (χ1v) is 7.02. The van der Waals surface area contributed by atoms with E-state index in [0.29, 0.717) is 10.0 Å². The highest BCUT2D eigenvalue weighted by Gasteiger charge is 2.14. The Kier molecular flexibility index (Phi) is 6.45. The molecule has 0 amide bonds. The van der Waals surface area contributed by atoms with Crippen molar-refractivity contribution in [2.45, 2.75) is 39.5 Å². The van der Waals surface area contributed by atoms with Crippen molar-refractivity contribution in [1.29, 1.82) is 0 Å². The maximum Gasteiger partial charge on any atom is 0.146 e. The third-order valence-electron chi connectivity index (χ3n) is 2.81. The SMILES string of the molecule is CCC/C(C=O)=C(\CCC)c1c(Cl)cccc1Cl. The molecule has 0 aliphatic carbocycles. The summed E-state index contributed by atoms with van der Waals surface area (Å²) >= 11 is 12.5. The zero-order valence-corrected chi connectivity index (χ0v) is 12.3. The van der Waals surface area contributed by atoms with Gasteiger partial charge in [0.05, 0.1) is 0 Å². The second-order valence-corrected chi connectivity index (χ2v) is 5.03. The van der Waals surface area contributed by atoms with Gasteiger partial charge in [0.15, 0.2) is 0 Å². The van der Waals surface area contributed by atoms with Gasteiger partial charge < -0.3 is 0 Å². The molecule has 0 heterocycles. The Hall–Kier alpha value is -0.790. The molecule has 0 N–H and O–H groups in total. The lowest BCUT2D eigenvalue weighted by Gasteiger charge is -2.14. The Morgan fingerprint density at radius 3 is 2.11 bits per heavy atom. The number of rotatable bonds is 6. The van der Waals surface area contributed by atoms with E-state index in [-0.39, 0.29) is 0 Å². The third-order valence-corrected chi connectivity index (χ3v) is 3.44. The largest absolute Gasteiger partial charge is 0.298 e. The van der Waals surface area contributed by atoms with Crippen molar-refractivity contribution in [3.05, 3.63) is 39.4 Å². The number of benzene rings is 1. The molecule has 1 rings (SSSR count). The van der Waals surface area contributed by atoms with Gasteiger partial charge in [-0.05, 0) is 36.1 Å². The second-order valence-electron chi connectivity index (χ2n) is 4.22. The molecule has 0 radical (unpaired) electrons. The van der Waals surface area contributed by atoms with Crippen LogP contribution in [-0.2, 0) is 4.79 Å². The van der Waals surface area contributed by atoms with Gasteiger partial charge in [0.2, 0.25) is 0 Å². The van der Waals surface area contributed by atoms with E-state index in [1.807, 2.05) is 18.2 Å². The molecule has 0 spiro atoms. The Morgan fingerprint density at radius 2 is 1.67 bits per heavy atom. The van der Waals surface area contributed by atoms with Crippen LogP contribution in [0, 0.1) is 0 Å². The van der Waals surface area contributed by atoms with Crippen molar-refractivity contribution in [1.82, 2.24) is 0 Å². The van der Waals surface area contributed by atoms with Gasteiger partial charge in [-0.2, -0.15) is 0 Å². The normalized spacial score (nSPS) is 12.2. The number of aldehydes is 1. The van der Waals surface area contributed by atoms with E-state index in [1.165, 1.54) is 0 Å². The van der Waals surface area contributed by atoms with Crippen LogP contribution in [0.5, 0.6) is 0 Å². The van der Waals surface area contributed by atoms with Gasteiger partial charge in [-0.3, -0.25) is 4.79 Å². The van der Waals surface area contributed by atoms with Crippen LogP contribution in [0.1, 0.15) is 45.1 Å². The number of halogens is 2. The van der Waals surface area contributed by atoms with Crippen LogP contribution in [0.15, 0.2) is 23.8 Å². The van der Waals surface area contributed by atoms with Gasteiger partial charge in [0, 0.05) is 15.6 Å². The standard InChI is InChI=1S/C15H18Cl2O/c1-3-6-11(10-18)12(7-4-2)15-13(16)8-5-9-14(15)17/h5,8-10H,3-4,6-7H2,1-2H3/b12-11-. The molecule has 1 aromatic rings. The maximum atomic E-state index is 11.3. The van der Waals surface area contributed by atoms with E-state index in [4.69, 9.17) is 23.2 Å². The topological polar surface area (TPSA) is 17.1 Å². The Labute approximate surface area is 119 Å². The smallest absolute Gasteiger partial charge is 0.146 e. The van der Waals surface area contributed by atoms with Crippen molar-refractivity contribution in [2.24, 2.45) is 0 Å². The fourth-order valence-corrected chi connectivity index (χ4v) is 2.66.